The number of halogens is 1. The molecule has 0 saturated heterocycles. The minimum Gasteiger partial charge on any atom is -0.361 e. The van der Waals surface area contributed by atoms with Crippen LogP contribution in [0.15, 0.2) is 24.4 Å². The summed E-state index contributed by atoms with van der Waals surface area (Å²) < 4.78 is 13.5. The van der Waals surface area contributed by atoms with Crippen molar-refractivity contribution in [1.82, 2.24) is 10.3 Å². The fraction of sp³-hybridized carbons (Fsp3) is 0.471. The average molecular weight is 288 g/mol. The molecular formula is C17H21FN2O. The van der Waals surface area contributed by atoms with E-state index in [2.05, 4.69) is 24.1 Å². The number of rotatable bonds is 5. The summed E-state index contributed by atoms with van der Waals surface area (Å²) in [4.78, 5) is 15.7. The highest BCUT2D eigenvalue weighted by molar-refractivity contribution is 5.97. The Balaban J connectivity index is 1.84. The van der Waals surface area contributed by atoms with Crippen LogP contribution >= 0.6 is 0 Å². The molecule has 0 bridgehead atoms. The van der Waals surface area contributed by atoms with Gasteiger partial charge in [0.15, 0.2) is 0 Å². The van der Waals surface area contributed by atoms with Gasteiger partial charge in [-0.3, -0.25) is 4.79 Å². The standard InChI is InChI=1S/C17H21FN2O/c1-11(2)5-8-19-16(21)17(6-7-17)14-10-20-15-4-3-12(18)9-13(14)15/h3-4,9-11,20H,5-8H2,1-2H3,(H,19,21). The normalized spacial score (nSPS) is 16.4. The molecule has 1 aliphatic carbocycles. The second-order valence-corrected chi connectivity index (χ2v) is 6.41. The number of hydrogen-bond acceptors (Lipinski definition) is 1. The number of nitrogens with one attached hydrogen (secondary N) is 2. The molecule has 3 rings (SSSR count). The van der Waals surface area contributed by atoms with Gasteiger partial charge in [0.05, 0.1) is 5.41 Å². The molecule has 0 unspecified atom stereocenters. The van der Waals surface area contributed by atoms with Crippen LogP contribution in [0.1, 0.15) is 38.7 Å². The molecule has 2 N–H and O–H groups in total. The van der Waals surface area contributed by atoms with Crippen molar-refractivity contribution in [3.63, 3.8) is 0 Å². The number of aromatic amines is 1. The SMILES string of the molecule is CC(C)CCNC(=O)C1(c2c[nH]c3ccc(F)cc23)CC1. The van der Waals surface area contributed by atoms with Crippen LogP contribution < -0.4 is 5.32 Å². The lowest BCUT2D eigenvalue weighted by atomic mass is 9.94. The molecule has 1 aromatic heterocycles. The predicted octanol–water partition coefficient (Wildman–Crippen LogP) is 3.50. The maximum absolute atomic E-state index is 13.5. The Kier molecular flexibility index (Phi) is 3.47. The van der Waals surface area contributed by atoms with Crippen LogP contribution in [0.3, 0.4) is 0 Å². The first-order valence-corrected chi connectivity index (χ1v) is 7.58. The first-order valence-electron chi connectivity index (χ1n) is 7.58. The van der Waals surface area contributed by atoms with Gasteiger partial charge >= 0.3 is 0 Å². The molecule has 21 heavy (non-hydrogen) atoms. The smallest absolute Gasteiger partial charge is 0.230 e. The van der Waals surface area contributed by atoms with Crippen molar-refractivity contribution in [3.8, 4) is 0 Å². The van der Waals surface area contributed by atoms with Gasteiger partial charge in [-0.1, -0.05) is 13.8 Å². The van der Waals surface area contributed by atoms with Gasteiger partial charge in [-0.05, 0) is 48.9 Å². The third-order valence-electron chi connectivity index (χ3n) is 4.35. The number of carbonyl (C=O) groups excluding carboxylic acids is 1. The van der Waals surface area contributed by atoms with Crippen molar-refractivity contribution in [2.75, 3.05) is 6.54 Å². The zero-order valence-electron chi connectivity index (χ0n) is 12.5. The Morgan fingerprint density at radius 1 is 1.43 bits per heavy atom. The van der Waals surface area contributed by atoms with Gasteiger partial charge in [-0.15, -0.1) is 0 Å². The molecule has 1 fully saturated rings. The topological polar surface area (TPSA) is 44.9 Å². The van der Waals surface area contributed by atoms with Crippen LogP contribution in [-0.2, 0) is 10.2 Å². The Labute approximate surface area is 123 Å². The van der Waals surface area contributed by atoms with Gasteiger partial charge in [0.1, 0.15) is 5.82 Å². The van der Waals surface area contributed by atoms with E-state index in [4.69, 9.17) is 0 Å². The number of fused-ring (bicyclic) bond motifs is 1. The number of aromatic nitrogens is 1. The molecule has 0 aliphatic heterocycles. The van der Waals surface area contributed by atoms with Crippen molar-refractivity contribution >= 4 is 16.8 Å². The van der Waals surface area contributed by atoms with E-state index in [1.807, 2.05) is 6.20 Å². The highest BCUT2D eigenvalue weighted by atomic mass is 19.1. The van der Waals surface area contributed by atoms with E-state index in [1.165, 1.54) is 12.1 Å². The van der Waals surface area contributed by atoms with Crippen LogP contribution in [-0.4, -0.2) is 17.4 Å². The summed E-state index contributed by atoms with van der Waals surface area (Å²) in [6, 6.07) is 4.68. The van der Waals surface area contributed by atoms with E-state index in [0.29, 0.717) is 12.5 Å². The van der Waals surface area contributed by atoms with Gasteiger partial charge < -0.3 is 10.3 Å². The molecule has 1 amide bonds. The highest BCUT2D eigenvalue weighted by Gasteiger charge is 2.52. The molecule has 1 saturated carbocycles. The minimum absolute atomic E-state index is 0.0771. The first kappa shape index (κ1) is 14.1. The summed E-state index contributed by atoms with van der Waals surface area (Å²) in [5.41, 5.74) is 1.36. The second kappa shape index (κ2) is 5.17. The lowest BCUT2D eigenvalue weighted by Gasteiger charge is -2.15. The molecule has 0 radical (unpaired) electrons. The minimum atomic E-state index is -0.455. The van der Waals surface area contributed by atoms with E-state index in [-0.39, 0.29) is 11.7 Å². The quantitative estimate of drug-likeness (QED) is 0.869. The molecule has 3 nitrogen and oxygen atoms in total. The van der Waals surface area contributed by atoms with Gasteiger partial charge in [0, 0.05) is 23.6 Å². The Morgan fingerprint density at radius 2 is 2.19 bits per heavy atom. The third kappa shape index (κ3) is 2.55. The summed E-state index contributed by atoms with van der Waals surface area (Å²) in [6.07, 6.45) is 4.51. The van der Waals surface area contributed by atoms with E-state index in [1.54, 1.807) is 6.07 Å². The molecule has 2 aromatic rings. The number of amides is 1. The monoisotopic (exact) mass is 288 g/mol. The summed E-state index contributed by atoms with van der Waals surface area (Å²) in [5, 5.41) is 3.86. The summed E-state index contributed by atoms with van der Waals surface area (Å²) in [7, 11) is 0. The van der Waals surface area contributed by atoms with Gasteiger partial charge in [-0.25, -0.2) is 4.39 Å². The van der Waals surface area contributed by atoms with Crippen molar-refractivity contribution in [3.05, 3.63) is 35.8 Å². The molecule has 4 heteroatoms. The molecular weight excluding hydrogens is 267 g/mol. The summed E-state index contributed by atoms with van der Waals surface area (Å²) >= 11 is 0. The number of H-pyrrole nitrogens is 1. The predicted molar refractivity (Wildman–Crippen MR) is 81.6 cm³/mol. The first-order chi connectivity index (χ1) is 10.0. The summed E-state index contributed by atoms with van der Waals surface area (Å²) in [5.74, 6) is 0.385. The van der Waals surface area contributed by atoms with Crippen LogP contribution in [0.5, 0.6) is 0 Å². The maximum atomic E-state index is 13.5. The van der Waals surface area contributed by atoms with Crippen LogP contribution in [0.25, 0.3) is 10.9 Å². The van der Waals surface area contributed by atoms with Crippen molar-refractivity contribution in [2.24, 2.45) is 5.92 Å². The van der Waals surface area contributed by atoms with Gasteiger partial charge in [0.2, 0.25) is 5.91 Å². The van der Waals surface area contributed by atoms with Gasteiger partial charge in [0.25, 0.3) is 0 Å². The highest BCUT2D eigenvalue weighted by Crippen LogP contribution is 2.50. The largest absolute Gasteiger partial charge is 0.361 e. The van der Waals surface area contributed by atoms with Gasteiger partial charge in [-0.2, -0.15) is 0 Å². The van der Waals surface area contributed by atoms with E-state index in [9.17, 15) is 9.18 Å². The number of benzene rings is 1. The van der Waals surface area contributed by atoms with Crippen molar-refractivity contribution in [2.45, 2.75) is 38.5 Å². The summed E-state index contributed by atoms with van der Waals surface area (Å²) in [6.45, 7) is 4.98. The van der Waals surface area contributed by atoms with Crippen molar-refractivity contribution < 1.29 is 9.18 Å². The molecule has 1 aliphatic rings. The lowest BCUT2D eigenvalue weighted by Crippen LogP contribution is -2.35. The van der Waals surface area contributed by atoms with Crippen LogP contribution in [0, 0.1) is 11.7 Å². The van der Waals surface area contributed by atoms with Crippen LogP contribution in [0.4, 0.5) is 4.39 Å². The molecule has 1 heterocycles. The zero-order valence-corrected chi connectivity index (χ0v) is 12.5. The fourth-order valence-corrected chi connectivity index (χ4v) is 2.88. The third-order valence-corrected chi connectivity index (χ3v) is 4.35. The average Bonchev–Trinajstić information content (AvgIpc) is 3.13. The molecule has 112 valence electrons. The fourth-order valence-electron chi connectivity index (χ4n) is 2.88. The Morgan fingerprint density at radius 3 is 2.86 bits per heavy atom. The van der Waals surface area contributed by atoms with E-state index >= 15 is 0 Å². The van der Waals surface area contributed by atoms with Crippen molar-refractivity contribution in [1.29, 1.82) is 0 Å². The van der Waals surface area contributed by atoms with E-state index in [0.717, 1.165) is 35.7 Å². The lowest BCUT2D eigenvalue weighted by molar-refractivity contribution is -0.123. The number of carbonyl (C=O) groups is 1. The Bertz CT molecular complexity index is 670. The Hall–Kier alpha value is -1.84. The van der Waals surface area contributed by atoms with E-state index < -0.39 is 5.41 Å². The molecule has 0 atom stereocenters. The number of hydrogen-bond donors (Lipinski definition) is 2. The second-order valence-electron chi connectivity index (χ2n) is 6.41. The molecule has 1 aromatic carbocycles. The maximum Gasteiger partial charge on any atom is 0.230 e. The molecule has 0 spiro atoms. The van der Waals surface area contributed by atoms with Crippen LogP contribution in [0.2, 0.25) is 0 Å². The zero-order chi connectivity index (χ0) is 15.0.